The molecule has 0 aromatic heterocycles. The quantitative estimate of drug-likeness (QED) is 0.725. The molecule has 2 rings (SSSR count). The largest absolute Gasteiger partial charge is 0.317 e. The average Bonchev–Trinajstić information content (AvgIpc) is 2.75. The molecule has 2 fully saturated rings. The Labute approximate surface area is 88.1 Å². The molecule has 0 radical (unpaired) electrons. The van der Waals surface area contributed by atoms with Crippen molar-refractivity contribution in [3.8, 4) is 0 Å². The molecule has 0 aromatic carbocycles. The van der Waals surface area contributed by atoms with Gasteiger partial charge in [-0.25, -0.2) is 0 Å². The second-order valence-corrected chi connectivity index (χ2v) is 5.20. The van der Waals surface area contributed by atoms with Crippen LogP contribution in [-0.2, 0) is 0 Å². The van der Waals surface area contributed by atoms with Gasteiger partial charge in [-0.2, -0.15) is 0 Å². The minimum Gasteiger partial charge on any atom is -0.317 e. The van der Waals surface area contributed by atoms with Crippen molar-refractivity contribution in [1.29, 1.82) is 0 Å². The van der Waals surface area contributed by atoms with Gasteiger partial charge < -0.3 is 5.32 Å². The highest BCUT2D eigenvalue weighted by molar-refractivity contribution is 4.92. The summed E-state index contributed by atoms with van der Waals surface area (Å²) in [5.74, 6) is 0.906. The molecule has 1 saturated carbocycles. The lowest BCUT2D eigenvalue weighted by Crippen LogP contribution is -2.38. The highest BCUT2D eigenvalue weighted by Crippen LogP contribution is 2.32. The molecule has 1 heterocycles. The van der Waals surface area contributed by atoms with E-state index < -0.39 is 0 Å². The zero-order chi connectivity index (χ0) is 10.1. The fourth-order valence-electron chi connectivity index (χ4n) is 3.16. The fraction of sp³-hybridized carbons (Fsp3) is 1.00. The van der Waals surface area contributed by atoms with Gasteiger partial charge in [0.05, 0.1) is 0 Å². The summed E-state index contributed by atoms with van der Waals surface area (Å²) in [4.78, 5) is 2.75. The Hall–Kier alpha value is -0.0800. The van der Waals surface area contributed by atoms with E-state index in [1.807, 2.05) is 0 Å². The summed E-state index contributed by atoms with van der Waals surface area (Å²) in [5.41, 5.74) is 0. The Morgan fingerprint density at radius 3 is 2.43 bits per heavy atom. The molecule has 1 saturated heterocycles. The van der Waals surface area contributed by atoms with Crippen molar-refractivity contribution in [2.24, 2.45) is 5.92 Å². The normalized spacial score (nSPS) is 44.8. The van der Waals surface area contributed by atoms with Crippen LogP contribution in [0.4, 0.5) is 0 Å². The fourth-order valence-corrected chi connectivity index (χ4v) is 3.16. The lowest BCUT2D eigenvalue weighted by Gasteiger charge is -2.29. The van der Waals surface area contributed by atoms with Crippen LogP contribution in [0.15, 0.2) is 0 Å². The van der Waals surface area contributed by atoms with Crippen molar-refractivity contribution in [2.75, 3.05) is 13.6 Å². The van der Waals surface area contributed by atoms with E-state index in [4.69, 9.17) is 0 Å². The van der Waals surface area contributed by atoms with Crippen LogP contribution in [0.5, 0.6) is 0 Å². The Kier molecular flexibility index (Phi) is 3.13. The minimum absolute atomic E-state index is 0.781. The maximum atomic E-state index is 3.42. The topological polar surface area (TPSA) is 15.3 Å². The third kappa shape index (κ3) is 1.82. The maximum Gasteiger partial charge on any atom is 0.0114 e. The third-order valence-electron chi connectivity index (χ3n) is 4.47. The molecule has 0 spiro atoms. The van der Waals surface area contributed by atoms with Crippen LogP contribution in [0, 0.1) is 5.92 Å². The van der Waals surface area contributed by atoms with Crippen LogP contribution in [0.2, 0.25) is 0 Å². The van der Waals surface area contributed by atoms with Gasteiger partial charge in [-0.1, -0.05) is 6.92 Å². The average molecular weight is 196 g/mol. The van der Waals surface area contributed by atoms with Crippen molar-refractivity contribution in [3.05, 3.63) is 0 Å². The predicted molar refractivity (Wildman–Crippen MR) is 60.4 cm³/mol. The summed E-state index contributed by atoms with van der Waals surface area (Å²) in [6.07, 6.45) is 5.55. The predicted octanol–water partition coefficient (Wildman–Crippen LogP) is 1.86. The van der Waals surface area contributed by atoms with Gasteiger partial charge in [-0.05, 0) is 52.1 Å². The van der Waals surface area contributed by atoms with E-state index >= 15 is 0 Å². The van der Waals surface area contributed by atoms with Crippen molar-refractivity contribution in [1.82, 2.24) is 10.2 Å². The second-order valence-electron chi connectivity index (χ2n) is 5.20. The molecule has 82 valence electrons. The van der Waals surface area contributed by atoms with Crippen LogP contribution in [-0.4, -0.2) is 36.6 Å². The monoisotopic (exact) mass is 196 g/mol. The van der Waals surface area contributed by atoms with Crippen molar-refractivity contribution < 1.29 is 0 Å². The number of nitrogens with zero attached hydrogens (tertiary/aromatic N) is 1. The molecule has 2 nitrogen and oxygen atoms in total. The number of hydrogen-bond donors (Lipinski definition) is 1. The highest BCUT2D eigenvalue weighted by Gasteiger charge is 2.36. The van der Waals surface area contributed by atoms with Gasteiger partial charge in [0.2, 0.25) is 0 Å². The minimum atomic E-state index is 0.781. The molecule has 0 amide bonds. The molecule has 4 unspecified atom stereocenters. The van der Waals surface area contributed by atoms with Gasteiger partial charge in [-0.3, -0.25) is 4.90 Å². The van der Waals surface area contributed by atoms with Crippen LogP contribution in [0.25, 0.3) is 0 Å². The molecule has 0 bridgehead atoms. The summed E-state index contributed by atoms with van der Waals surface area (Å²) in [6.45, 7) is 6.14. The second kappa shape index (κ2) is 4.19. The number of likely N-dealkylation sites (tertiary alicyclic amines) is 1. The van der Waals surface area contributed by atoms with E-state index in [0.717, 1.165) is 24.0 Å². The summed E-state index contributed by atoms with van der Waals surface area (Å²) in [7, 11) is 2.10. The van der Waals surface area contributed by atoms with Gasteiger partial charge in [0.15, 0.2) is 0 Å². The highest BCUT2D eigenvalue weighted by atomic mass is 15.2. The van der Waals surface area contributed by atoms with Crippen LogP contribution >= 0.6 is 0 Å². The van der Waals surface area contributed by atoms with E-state index in [1.165, 1.54) is 32.2 Å². The Balaban J connectivity index is 1.90. The van der Waals surface area contributed by atoms with Crippen molar-refractivity contribution in [3.63, 3.8) is 0 Å². The number of rotatable bonds is 2. The molecule has 1 N–H and O–H groups in total. The molecular weight excluding hydrogens is 172 g/mol. The smallest absolute Gasteiger partial charge is 0.0114 e. The summed E-state index contributed by atoms with van der Waals surface area (Å²) < 4.78 is 0. The lowest BCUT2D eigenvalue weighted by molar-refractivity contribution is 0.176. The van der Waals surface area contributed by atoms with Crippen molar-refractivity contribution >= 4 is 0 Å². The molecule has 0 aromatic rings. The zero-order valence-corrected chi connectivity index (χ0v) is 9.79. The van der Waals surface area contributed by atoms with Gasteiger partial charge >= 0.3 is 0 Å². The summed E-state index contributed by atoms with van der Waals surface area (Å²) in [5, 5.41) is 3.42. The first-order chi connectivity index (χ1) is 6.72. The summed E-state index contributed by atoms with van der Waals surface area (Å²) in [6, 6.07) is 2.46. The van der Waals surface area contributed by atoms with Crippen molar-refractivity contribution in [2.45, 2.75) is 57.7 Å². The van der Waals surface area contributed by atoms with Gasteiger partial charge in [0, 0.05) is 18.1 Å². The van der Waals surface area contributed by atoms with E-state index in [0.29, 0.717) is 0 Å². The SMILES string of the molecule is CNC1CCC(N2CCC(C)C2C)C1. The first-order valence-electron chi connectivity index (χ1n) is 6.15. The summed E-state index contributed by atoms with van der Waals surface area (Å²) >= 11 is 0. The molecule has 14 heavy (non-hydrogen) atoms. The Morgan fingerprint density at radius 2 is 1.93 bits per heavy atom. The molecule has 2 heteroatoms. The van der Waals surface area contributed by atoms with E-state index in [1.54, 1.807) is 0 Å². The van der Waals surface area contributed by atoms with E-state index in [-0.39, 0.29) is 0 Å². The van der Waals surface area contributed by atoms with Gasteiger partial charge in [-0.15, -0.1) is 0 Å². The first-order valence-corrected chi connectivity index (χ1v) is 6.15. The number of nitrogens with one attached hydrogen (secondary N) is 1. The van der Waals surface area contributed by atoms with Crippen LogP contribution < -0.4 is 5.32 Å². The first kappa shape index (κ1) is 10.4. The van der Waals surface area contributed by atoms with Gasteiger partial charge in [0.1, 0.15) is 0 Å². The van der Waals surface area contributed by atoms with Crippen LogP contribution in [0.3, 0.4) is 0 Å². The molecule has 1 aliphatic carbocycles. The molecular formula is C12H24N2. The van der Waals surface area contributed by atoms with E-state index in [2.05, 4.69) is 31.1 Å². The Bertz CT molecular complexity index is 193. The zero-order valence-electron chi connectivity index (χ0n) is 9.79. The Morgan fingerprint density at radius 1 is 1.14 bits per heavy atom. The maximum absolute atomic E-state index is 3.42. The van der Waals surface area contributed by atoms with Crippen LogP contribution in [0.1, 0.15) is 39.5 Å². The third-order valence-corrected chi connectivity index (χ3v) is 4.47. The lowest BCUT2D eigenvalue weighted by atomic mass is 10.0. The molecule has 1 aliphatic heterocycles. The van der Waals surface area contributed by atoms with E-state index in [9.17, 15) is 0 Å². The number of hydrogen-bond acceptors (Lipinski definition) is 2. The molecule has 4 atom stereocenters. The van der Waals surface area contributed by atoms with Gasteiger partial charge in [0.25, 0.3) is 0 Å². The standard InChI is InChI=1S/C12H24N2/c1-9-6-7-14(10(9)2)12-5-4-11(8-12)13-3/h9-13H,4-8H2,1-3H3. The molecule has 2 aliphatic rings.